The van der Waals surface area contributed by atoms with Gasteiger partial charge in [-0.25, -0.2) is 4.39 Å². The Kier molecular flexibility index (Phi) is 7.91. The van der Waals surface area contributed by atoms with Crippen LogP contribution >= 0.6 is 0 Å². The van der Waals surface area contributed by atoms with E-state index in [2.05, 4.69) is 5.32 Å². The Morgan fingerprint density at radius 2 is 1.74 bits per heavy atom. The van der Waals surface area contributed by atoms with E-state index < -0.39 is 11.9 Å². The molecule has 0 saturated carbocycles. The Morgan fingerprint density at radius 1 is 1.11 bits per heavy atom. The van der Waals surface area contributed by atoms with Gasteiger partial charge in [0.05, 0.1) is 13.2 Å². The molecule has 1 heterocycles. The molecule has 1 aromatic carbocycles. The average Bonchev–Trinajstić information content (AvgIpc) is 2.66. The summed E-state index contributed by atoms with van der Waals surface area (Å²) in [5.74, 6) is -0.850. The topological polar surface area (TPSA) is 75.7 Å². The highest BCUT2D eigenvalue weighted by Gasteiger charge is 2.27. The summed E-state index contributed by atoms with van der Waals surface area (Å²) in [4.78, 5) is 38.8. The smallest absolute Gasteiger partial charge is 0.245 e. The predicted molar refractivity (Wildman–Crippen MR) is 98.7 cm³/mol. The molecule has 7 heteroatoms. The molecule has 27 heavy (non-hydrogen) atoms. The molecule has 1 saturated heterocycles. The van der Waals surface area contributed by atoms with Gasteiger partial charge in [0.2, 0.25) is 11.8 Å². The van der Waals surface area contributed by atoms with Gasteiger partial charge in [0, 0.05) is 31.5 Å². The van der Waals surface area contributed by atoms with E-state index in [1.807, 2.05) is 13.8 Å². The van der Waals surface area contributed by atoms with Crippen LogP contribution in [0.25, 0.3) is 0 Å². The minimum atomic E-state index is -0.600. The number of carbonyl (C=O) groups is 3. The first kappa shape index (κ1) is 21.0. The summed E-state index contributed by atoms with van der Waals surface area (Å²) in [6.07, 6.45) is 0.534. The Morgan fingerprint density at radius 3 is 2.33 bits per heavy atom. The third-order valence-electron chi connectivity index (χ3n) is 4.41. The summed E-state index contributed by atoms with van der Waals surface area (Å²) >= 11 is 0. The normalized spacial score (nSPS) is 15.5. The number of amides is 2. The first-order valence-electron chi connectivity index (χ1n) is 9.31. The van der Waals surface area contributed by atoms with E-state index in [0.29, 0.717) is 38.3 Å². The van der Waals surface area contributed by atoms with Crippen LogP contribution in [0.3, 0.4) is 0 Å². The van der Waals surface area contributed by atoms with E-state index in [0.717, 1.165) is 0 Å². The van der Waals surface area contributed by atoms with Crippen molar-refractivity contribution in [3.05, 3.63) is 35.6 Å². The SMILES string of the molecule is CC(C)C[C@@H](NC(=O)CCC(=O)c1ccc(F)cc1)C(=O)N1CCOCC1. The number of carbonyl (C=O) groups excluding carboxylic acids is 3. The highest BCUT2D eigenvalue weighted by Crippen LogP contribution is 2.11. The lowest BCUT2D eigenvalue weighted by molar-refractivity contribution is -0.140. The molecule has 2 amide bonds. The maximum absolute atomic E-state index is 12.9. The molecular weight excluding hydrogens is 351 g/mol. The number of nitrogens with zero attached hydrogens (tertiary/aromatic N) is 1. The molecule has 0 aliphatic carbocycles. The summed E-state index contributed by atoms with van der Waals surface area (Å²) in [6.45, 7) is 6.02. The maximum atomic E-state index is 12.9. The highest BCUT2D eigenvalue weighted by atomic mass is 19.1. The molecular formula is C20H27FN2O4. The quantitative estimate of drug-likeness (QED) is 0.704. The maximum Gasteiger partial charge on any atom is 0.245 e. The van der Waals surface area contributed by atoms with Crippen LogP contribution in [-0.2, 0) is 14.3 Å². The molecule has 1 aliphatic rings. The number of rotatable bonds is 8. The zero-order valence-corrected chi connectivity index (χ0v) is 15.9. The molecule has 1 atom stereocenters. The summed E-state index contributed by atoms with van der Waals surface area (Å²) in [5.41, 5.74) is 0.368. The third kappa shape index (κ3) is 6.75. The Balaban J connectivity index is 1.89. The predicted octanol–water partition coefficient (Wildman–Crippen LogP) is 2.18. The molecule has 1 aliphatic heterocycles. The van der Waals surface area contributed by atoms with Gasteiger partial charge in [0.15, 0.2) is 5.78 Å². The van der Waals surface area contributed by atoms with Crippen molar-refractivity contribution in [2.24, 2.45) is 5.92 Å². The lowest BCUT2D eigenvalue weighted by atomic mass is 10.0. The van der Waals surface area contributed by atoms with E-state index in [4.69, 9.17) is 4.74 Å². The minimum absolute atomic E-state index is 0.0115. The molecule has 6 nitrogen and oxygen atoms in total. The van der Waals surface area contributed by atoms with Crippen LogP contribution in [0.5, 0.6) is 0 Å². The average molecular weight is 378 g/mol. The largest absolute Gasteiger partial charge is 0.378 e. The van der Waals surface area contributed by atoms with Crippen LogP contribution in [0, 0.1) is 11.7 Å². The molecule has 1 N–H and O–H groups in total. The molecule has 0 aromatic heterocycles. The lowest BCUT2D eigenvalue weighted by Gasteiger charge is -2.31. The van der Waals surface area contributed by atoms with Gasteiger partial charge in [-0.05, 0) is 36.6 Å². The van der Waals surface area contributed by atoms with Crippen molar-refractivity contribution in [3.8, 4) is 0 Å². The fraction of sp³-hybridized carbons (Fsp3) is 0.550. The summed E-state index contributed by atoms with van der Waals surface area (Å²) < 4.78 is 18.2. The summed E-state index contributed by atoms with van der Waals surface area (Å²) in [7, 11) is 0. The van der Waals surface area contributed by atoms with Gasteiger partial charge in [-0.3, -0.25) is 14.4 Å². The number of hydrogen-bond donors (Lipinski definition) is 1. The molecule has 0 radical (unpaired) electrons. The number of benzene rings is 1. The second-order valence-corrected chi connectivity index (χ2v) is 7.12. The van der Waals surface area contributed by atoms with E-state index in [-0.39, 0.29) is 36.4 Å². The Hall–Kier alpha value is -2.28. The van der Waals surface area contributed by atoms with Crippen LogP contribution in [-0.4, -0.2) is 54.8 Å². The zero-order valence-electron chi connectivity index (χ0n) is 15.9. The van der Waals surface area contributed by atoms with Gasteiger partial charge in [-0.15, -0.1) is 0 Å². The monoisotopic (exact) mass is 378 g/mol. The van der Waals surface area contributed by atoms with Gasteiger partial charge in [-0.1, -0.05) is 13.8 Å². The molecule has 0 unspecified atom stereocenters. The van der Waals surface area contributed by atoms with Gasteiger partial charge in [0.1, 0.15) is 11.9 Å². The van der Waals surface area contributed by atoms with Crippen LogP contribution < -0.4 is 5.32 Å². The highest BCUT2D eigenvalue weighted by molar-refractivity contribution is 5.98. The molecule has 148 valence electrons. The Bertz CT molecular complexity index is 654. The number of hydrogen-bond acceptors (Lipinski definition) is 4. The number of halogens is 1. The fourth-order valence-corrected chi connectivity index (χ4v) is 2.97. The summed E-state index contributed by atoms with van der Waals surface area (Å²) in [6, 6.07) is 4.63. The fourth-order valence-electron chi connectivity index (χ4n) is 2.97. The van der Waals surface area contributed by atoms with Crippen molar-refractivity contribution >= 4 is 17.6 Å². The molecule has 2 rings (SSSR count). The second kappa shape index (κ2) is 10.2. The number of Topliss-reactive ketones (excluding diaryl/α,β-unsaturated/α-hetero) is 1. The van der Waals surface area contributed by atoms with Gasteiger partial charge in [0.25, 0.3) is 0 Å². The van der Waals surface area contributed by atoms with Crippen molar-refractivity contribution < 1.29 is 23.5 Å². The van der Waals surface area contributed by atoms with Crippen molar-refractivity contribution in [2.45, 2.75) is 39.2 Å². The van der Waals surface area contributed by atoms with E-state index >= 15 is 0 Å². The van der Waals surface area contributed by atoms with Gasteiger partial charge in [-0.2, -0.15) is 0 Å². The first-order valence-corrected chi connectivity index (χ1v) is 9.31. The first-order chi connectivity index (χ1) is 12.9. The second-order valence-electron chi connectivity index (χ2n) is 7.12. The standard InChI is InChI=1S/C20H27FN2O4/c1-14(2)13-17(20(26)23-9-11-27-12-10-23)22-19(25)8-7-18(24)15-3-5-16(21)6-4-15/h3-6,14,17H,7-13H2,1-2H3,(H,22,25)/t17-/m1/s1. The number of morpholine rings is 1. The molecule has 0 bridgehead atoms. The van der Waals surface area contributed by atoms with E-state index in [1.165, 1.54) is 24.3 Å². The van der Waals surface area contributed by atoms with Crippen LogP contribution in [0.4, 0.5) is 4.39 Å². The Labute approximate surface area is 159 Å². The van der Waals surface area contributed by atoms with Gasteiger partial charge >= 0.3 is 0 Å². The number of ketones is 1. The molecule has 0 spiro atoms. The van der Waals surface area contributed by atoms with Crippen molar-refractivity contribution in [3.63, 3.8) is 0 Å². The van der Waals surface area contributed by atoms with Crippen molar-refractivity contribution in [2.75, 3.05) is 26.3 Å². The molecule has 1 fully saturated rings. The van der Waals surface area contributed by atoms with E-state index in [1.54, 1.807) is 4.90 Å². The van der Waals surface area contributed by atoms with Gasteiger partial charge < -0.3 is 15.0 Å². The van der Waals surface area contributed by atoms with Crippen molar-refractivity contribution in [1.29, 1.82) is 0 Å². The third-order valence-corrected chi connectivity index (χ3v) is 4.41. The zero-order chi connectivity index (χ0) is 19.8. The summed E-state index contributed by atoms with van der Waals surface area (Å²) in [5, 5.41) is 2.78. The van der Waals surface area contributed by atoms with Crippen molar-refractivity contribution in [1.82, 2.24) is 10.2 Å². The number of nitrogens with one attached hydrogen (secondary N) is 1. The van der Waals surface area contributed by atoms with Crippen LogP contribution in [0.15, 0.2) is 24.3 Å². The minimum Gasteiger partial charge on any atom is -0.378 e. The number of ether oxygens (including phenoxy) is 1. The van der Waals surface area contributed by atoms with Crippen LogP contribution in [0.2, 0.25) is 0 Å². The van der Waals surface area contributed by atoms with E-state index in [9.17, 15) is 18.8 Å². The van der Waals surface area contributed by atoms with Crippen LogP contribution in [0.1, 0.15) is 43.5 Å². The lowest BCUT2D eigenvalue weighted by Crippen LogP contribution is -2.52. The molecule has 1 aromatic rings.